The Kier molecular flexibility index (Phi) is 2.77. The fourth-order valence-corrected chi connectivity index (χ4v) is 2.95. The molecule has 0 fully saturated rings. The second kappa shape index (κ2) is 4.22. The zero-order chi connectivity index (χ0) is 13.7. The van der Waals surface area contributed by atoms with Gasteiger partial charge in [-0.2, -0.15) is 4.98 Å². The van der Waals surface area contributed by atoms with Gasteiger partial charge in [-0.1, -0.05) is 15.9 Å². The molecule has 0 atom stereocenters. The number of hydrogen-bond acceptors (Lipinski definition) is 4. The third-order valence-electron chi connectivity index (χ3n) is 3.56. The van der Waals surface area contributed by atoms with Gasteiger partial charge in [0.15, 0.2) is 11.2 Å². The fraction of sp³-hybridized carbons (Fsp3) is 0.545. The first kappa shape index (κ1) is 12.5. The van der Waals surface area contributed by atoms with Crippen LogP contribution in [0.3, 0.4) is 0 Å². The van der Waals surface area contributed by atoms with Gasteiger partial charge in [0.25, 0.3) is 5.56 Å². The summed E-state index contributed by atoms with van der Waals surface area (Å²) in [6, 6.07) is 0. The van der Waals surface area contributed by atoms with Crippen molar-refractivity contribution in [2.75, 3.05) is 23.3 Å². The summed E-state index contributed by atoms with van der Waals surface area (Å²) in [4.78, 5) is 30.7. The third kappa shape index (κ3) is 1.59. The number of aryl methyl sites for hydroxylation is 1. The number of anilines is 1. The van der Waals surface area contributed by atoms with Gasteiger partial charge < -0.3 is 9.47 Å². The van der Waals surface area contributed by atoms with E-state index < -0.39 is 0 Å². The second-order valence-corrected chi connectivity index (χ2v) is 5.41. The van der Waals surface area contributed by atoms with E-state index in [-0.39, 0.29) is 11.2 Å². The summed E-state index contributed by atoms with van der Waals surface area (Å²) in [5.74, 6) is 0.771. The van der Waals surface area contributed by atoms with Crippen LogP contribution in [0.15, 0.2) is 9.59 Å². The van der Waals surface area contributed by atoms with E-state index in [0.717, 1.165) is 35.5 Å². The van der Waals surface area contributed by atoms with Crippen LogP contribution in [-0.2, 0) is 20.6 Å². The lowest BCUT2D eigenvalue weighted by Crippen LogP contribution is -2.37. The van der Waals surface area contributed by atoms with Crippen molar-refractivity contribution in [1.29, 1.82) is 0 Å². The van der Waals surface area contributed by atoms with E-state index in [2.05, 4.69) is 25.8 Å². The maximum Gasteiger partial charge on any atom is 0.332 e. The molecule has 8 heteroatoms. The number of imidazole rings is 1. The van der Waals surface area contributed by atoms with Crippen LogP contribution < -0.4 is 16.1 Å². The summed E-state index contributed by atoms with van der Waals surface area (Å²) >= 11 is 3.41. The summed E-state index contributed by atoms with van der Waals surface area (Å²) in [5, 5.41) is 0.840. The number of alkyl halides is 1. The SMILES string of the molecule is Cn1c(=O)c2c(nc3n2CCN3CCBr)n(C)c1=O. The van der Waals surface area contributed by atoms with E-state index in [9.17, 15) is 9.59 Å². The summed E-state index contributed by atoms with van der Waals surface area (Å²) < 4.78 is 4.46. The molecule has 0 N–H and O–H groups in total. The molecule has 0 spiro atoms. The van der Waals surface area contributed by atoms with Gasteiger partial charge >= 0.3 is 5.69 Å². The van der Waals surface area contributed by atoms with Crippen LogP contribution in [0, 0.1) is 0 Å². The molecule has 2 aromatic rings. The Bertz CT molecular complexity index is 772. The maximum absolute atomic E-state index is 12.2. The smallest absolute Gasteiger partial charge is 0.332 e. The van der Waals surface area contributed by atoms with E-state index in [0.29, 0.717) is 11.2 Å². The minimum Gasteiger partial charge on any atom is -0.340 e. The molecule has 102 valence electrons. The molecule has 1 aliphatic rings. The third-order valence-corrected chi connectivity index (χ3v) is 3.91. The Labute approximate surface area is 117 Å². The van der Waals surface area contributed by atoms with E-state index in [1.54, 1.807) is 7.05 Å². The molecule has 2 aromatic heterocycles. The fourth-order valence-electron chi connectivity index (χ4n) is 2.52. The van der Waals surface area contributed by atoms with Gasteiger partial charge in [0.05, 0.1) is 0 Å². The van der Waals surface area contributed by atoms with Crippen LogP contribution in [0.25, 0.3) is 11.2 Å². The molecule has 1 aliphatic heterocycles. The van der Waals surface area contributed by atoms with Crippen molar-refractivity contribution in [3.63, 3.8) is 0 Å². The number of hydrogen-bond donors (Lipinski definition) is 0. The lowest BCUT2D eigenvalue weighted by molar-refractivity contribution is 0.699. The topological polar surface area (TPSA) is 65.1 Å². The van der Waals surface area contributed by atoms with E-state index >= 15 is 0 Å². The highest BCUT2D eigenvalue weighted by Gasteiger charge is 2.26. The Balaban J connectivity index is 2.37. The van der Waals surface area contributed by atoms with E-state index in [1.165, 1.54) is 11.6 Å². The first-order valence-corrected chi connectivity index (χ1v) is 7.15. The zero-order valence-corrected chi connectivity index (χ0v) is 12.3. The number of nitrogens with zero attached hydrogens (tertiary/aromatic N) is 5. The average molecular weight is 328 g/mol. The minimum absolute atomic E-state index is 0.280. The van der Waals surface area contributed by atoms with Crippen LogP contribution in [-0.4, -0.2) is 37.1 Å². The molecule has 0 unspecified atom stereocenters. The summed E-state index contributed by atoms with van der Waals surface area (Å²) in [6.45, 7) is 2.40. The predicted molar refractivity (Wildman–Crippen MR) is 76.2 cm³/mol. The highest BCUT2D eigenvalue weighted by Crippen LogP contribution is 2.24. The van der Waals surface area contributed by atoms with Gasteiger partial charge in [-0.05, 0) is 0 Å². The van der Waals surface area contributed by atoms with Gasteiger partial charge in [-0.25, -0.2) is 4.79 Å². The van der Waals surface area contributed by atoms with Crippen LogP contribution in [0.4, 0.5) is 5.95 Å². The zero-order valence-electron chi connectivity index (χ0n) is 10.8. The van der Waals surface area contributed by atoms with Crippen molar-refractivity contribution in [2.24, 2.45) is 14.1 Å². The number of halogens is 1. The van der Waals surface area contributed by atoms with E-state index in [1.807, 2.05) is 4.57 Å². The van der Waals surface area contributed by atoms with Gasteiger partial charge in [0, 0.05) is 39.1 Å². The molecule has 7 nitrogen and oxygen atoms in total. The molecule has 0 saturated carbocycles. The van der Waals surface area contributed by atoms with Crippen LogP contribution in [0.2, 0.25) is 0 Å². The first-order chi connectivity index (χ1) is 9.06. The van der Waals surface area contributed by atoms with Crippen LogP contribution in [0.1, 0.15) is 0 Å². The number of rotatable bonds is 2. The quantitative estimate of drug-likeness (QED) is 0.707. The summed E-state index contributed by atoms with van der Waals surface area (Å²) in [5.41, 5.74) is 0.345. The monoisotopic (exact) mass is 327 g/mol. The van der Waals surface area contributed by atoms with Gasteiger partial charge in [-0.3, -0.25) is 13.9 Å². The van der Waals surface area contributed by atoms with Crippen molar-refractivity contribution in [3.05, 3.63) is 20.8 Å². The van der Waals surface area contributed by atoms with Crippen molar-refractivity contribution < 1.29 is 0 Å². The van der Waals surface area contributed by atoms with Crippen molar-refractivity contribution in [2.45, 2.75) is 6.54 Å². The Morgan fingerprint density at radius 3 is 2.63 bits per heavy atom. The van der Waals surface area contributed by atoms with Gasteiger partial charge in [0.1, 0.15) is 0 Å². The van der Waals surface area contributed by atoms with E-state index in [4.69, 9.17) is 0 Å². The first-order valence-electron chi connectivity index (χ1n) is 6.03. The average Bonchev–Trinajstić information content (AvgIpc) is 2.94. The molecule has 0 bridgehead atoms. The Morgan fingerprint density at radius 2 is 1.95 bits per heavy atom. The van der Waals surface area contributed by atoms with Crippen molar-refractivity contribution in [1.82, 2.24) is 18.7 Å². The van der Waals surface area contributed by atoms with Crippen LogP contribution in [0.5, 0.6) is 0 Å². The molecule has 0 amide bonds. The Morgan fingerprint density at radius 1 is 1.21 bits per heavy atom. The normalized spacial score (nSPS) is 14.4. The molecule has 0 saturated heterocycles. The molecule has 19 heavy (non-hydrogen) atoms. The van der Waals surface area contributed by atoms with Crippen molar-refractivity contribution >= 4 is 33.0 Å². The summed E-state index contributed by atoms with van der Waals surface area (Å²) in [7, 11) is 3.14. The van der Waals surface area contributed by atoms with Gasteiger partial charge in [0.2, 0.25) is 5.95 Å². The molecular weight excluding hydrogens is 314 g/mol. The highest BCUT2D eigenvalue weighted by molar-refractivity contribution is 9.09. The highest BCUT2D eigenvalue weighted by atomic mass is 79.9. The Hall–Kier alpha value is -1.57. The lowest BCUT2D eigenvalue weighted by atomic mass is 10.5. The number of fused-ring (bicyclic) bond motifs is 3. The van der Waals surface area contributed by atoms with Crippen LogP contribution >= 0.6 is 15.9 Å². The lowest BCUT2D eigenvalue weighted by Gasteiger charge is -2.13. The molecular formula is C11H14BrN5O2. The standard InChI is InChI=1S/C11H14BrN5O2/c1-14-8-7(9(18)15(2)11(14)19)17-6-5-16(4-3-12)10(17)13-8/h3-6H2,1-2H3. The molecule has 3 rings (SSSR count). The molecule has 0 radical (unpaired) electrons. The summed E-state index contributed by atoms with van der Waals surface area (Å²) in [6.07, 6.45) is 0. The molecule has 0 aromatic carbocycles. The maximum atomic E-state index is 12.2. The predicted octanol–water partition coefficient (Wildman–Crippen LogP) is -0.351. The minimum atomic E-state index is -0.346. The number of aromatic nitrogens is 4. The second-order valence-electron chi connectivity index (χ2n) is 4.62. The molecule has 0 aliphatic carbocycles. The molecule has 3 heterocycles. The largest absolute Gasteiger partial charge is 0.340 e. The van der Waals surface area contributed by atoms with Crippen molar-refractivity contribution in [3.8, 4) is 0 Å². The van der Waals surface area contributed by atoms with Gasteiger partial charge in [-0.15, -0.1) is 0 Å².